The van der Waals surface area contributed by atoms with Crippen molar-refractivity contribution in [1.82, 2.24) is 16.0 Å². The summed E-state index contributed by atoms with van der Waals surface area (Å²) in [6.45, 7) is -0.866. The number of hydrogen-bond donors (Lipinski definition) is 3. The van der Waals surface area contributed by atoms with Crippen molar-refractivity contribution < 1.29 is 37.4 Å². The summed E-state index contributed by atoms with van der Waals surface area (Å²) >= 11 is 0. The molecule has 0 unspecified atom stereocenters. The molecule has 0 aromatic heterocycles. The lowest BCUT2D eigenvalue weighted by atomic mass is 10.2. The molecule has 11 heteroatoms. The molecule has 0 saturated heterocycles. The van der Waals surface area contributed by atoms with Crippen LogP contribution in [0.2, 0.25) is 0 Å². The van der Waals surface area contributed by atoms with E-state index in [1.54, 1.807) is 6.92 Å². The molecule has 0 heterocycles. The number of amides is 4. The molecular weight excluding hydrogens is 380 g/mol. The number of benzene rings is 1. The second-order valence-electron chi connectivity index (χ2n) is 5.55. The molecule has 1 atom stereocenters. The SMILES string of the molecule is CC[C@H](C)NC(=O)NC(=O)COC(=O)CNC(=O)c1ccccc1OC(F)F. The number of hydrogen-bond acceptors (Lipinski definition) is 6. The predicted octanol–water partition coefficient (Wildman–Crippen LogP) is 1.19. The Morgan fingerprint density at radius 2 is 1.82 bits per heavy atom. The van der Waals surface area contributed by atoms with Crippen LogP contribution in [0.5, 0.6) is 5.75 Å². The Hall–Kier alpha value is -3.24. The molecule has 4 amide bonds. The molecular formula is C17H21F2N3O6. The van der Waals surface area contributed by atoms with Gasteiger partial charge in [-0.05, 0) is 25.5 Å². The van der Waals surface area contributed by atoms with Crippen LogP contribution in [0.15, 0.2) is 24.3 Å². The molecule has 28 heavy (non-hydrogen) atoms. The molecule has 0 aliphatic heterocycles. The Bertz CT molecular complexity index is 714. The normalized spacial score (nSPS) is 11.3. The quantitative estimate of drug-likeness (QED) is 0.534. The Kier molecular flexibility index (Phi) is 9.34. The van der Waals surface area contributed by atoms with Crippen molar-refractivity contribution in [3.63, 3.8) is 0 Å². The fraction of sp³-hybridized carbons (Fsp3) is 0.412. The first-order valence-electron chi connectivity index (χ1n) is 8.30. The number of halogens is 2. The van der Waals surface area contributed by atoms with Crippen LogP contribution in [-0.4, -0.2) is 49.6 Å². The molecule has 0 radical (unpaired) electrons. The monoisotopic (exact) mass is 401 g/mol. The first-order chi connectivity index (χ1) is 13.2. The van der Waals surface area contributed by atoms with Crippen LogP contribution in [0.3, 0.4) is 0 Å². The van der Waals surface area contributed by atoms with E-state index in [-0.39, 0.29) is 17.4 Å². The van der Waals surface area contributed by atoms with Gasteiger partial charge in [0.1, 0.15) is 12.3 Å². The maximum Gasteiger partial charge on any atom is 0.387 e. The van der Waals surface area contributed by atoms with Gasteiger partial charge >= 0.3 is 18.6 Å². The zero-order valence-electron chi connectivity index (χ0n) is 15.3. The number of esters is 1. The highest BCUT2D eigenvalue weighted by Crippen LogP contribution is 2.19. The van der Waals surface area contributed by atoms with E-state index in [1.165, 1.54) is 24.3 Å². The van der Waals surface area contributed by atoms with Crippen LogP contribution in [0, 0.1) is 0 Å². The van der Waals surface area contributed by atoms with E-state index >= 15 is 0 Å². The second-order valence-corrected chi connectivity index (χ2v) is 5.55. The summed E-state index contributed by atoms with van der Waals surface area (Å²) in [7, 11) is 0. The third-order valence-corrected chi connectivity index (χ3v) is 3.35. The highest BCUT2D eigenvalue weighted by atomic mass is 19.3. The molecule has 0 fully saturated rings. The number of imide groups is 1. The lowest BCUT2D eigenvalue weighted by Gasteiger charge is -2.12. The third kappa shape index (κ3) is 8.43. The van der Waals surface area contributed by atoms with Crippen LogP contribution in [0.25, 0.3) is 0 Å². The van der Waals surface area contributed by atoms with Gasteiger partial charge in [-0.25, -0.2) is 4.79 Å². The van der Waals surface area contributed by atoms with E-state index in [0.717, 1.165) is 0 Å². The van der Waals surface area contributed by atoms with Crippen LogP contribution in [0.4, 0.5) is 13.6 Å². The number of para-hydroxylation sites is 1. The Balaban J connectivity index is 2.41. The molecule has 0 aliphatic rings. The average molecular weight is 401 g/mol. The molecule has 3 N–H and O–H groups in total. The largest absolute Gasteiger partial charge is 0.454 e. The van der Waals surface area contributed by atoms with Gasteiger partial charge in [-0.2, -0.15) is 8.78 Å². The van der Waals surface area contributed by atoms with Crippen LogP contribution >= 0.6 is 0 Å². The van der Waals surface area contributed by atoms with E-state index in [4.69, 9.17) is 0 Å². The van der Waals surface area contributed by atoms with Gasteiger partial charge in [0.2, 0.25) is 0 Å². The summed E-state index contributed by atoms with van der Waals surface area (Å²) < 4.78 is 33.5. The Morgan fingerprint density at radius 1 is 1.14 bits per heavy atom. The Morgan fingerprint density at radius 3 is 2.46 bits per heavy atom. The lowest BCUT2D eigenvalue weighted by molar-refractivity contribution is -0.147. The number of alkyl halides is 2. The van der Waals surface area contributed by atoms with Crippen molar-refractivity contribution in [2.24, 2.45) is 0 Å². The molecule has 0 bridgehead atoms. The maximum atomic E-state index is 12.3. The molecule has 9 nitrogen and oxygen atoms in total. The second kappa shape index (κ2) is 11.5. The number of carbonyl (C=O) groups is 4. The van der Waals surface area contributed by atoms with E-state index in [2.05, 4.69) is 20.1 Å². The fourth-order valence-corrected chi connectivity index (χ4v) is 1.82. The first-order valence-corrected chi connectivity index (χ1v) is 8.30. The van der Waals surface area contributed by atoms with E-state index in [9.17, 15) is 28.0 Å². The molecule has 0 aliphatic carbocycles. The summed E-state index contributed by atoms with van der Waals surface area (Å²) in [6.07, 6.45) is 0.668. The number of urea groups is 1. The van der Waals surface area contributed by atoms with Crippen molar-refractivity contribution in [3.8, 4) is 5.75 Å². The molecule has 1 aromatic rings. The summed E-state index contributed by atoms with van der Waals surface area (Å²) in [5, 5.41) is 6.63. The summed E-state index contributed by atoms with van der Waals surface area (Å²) in [5.74, 6) is -3.00. The van der Waals surface area contributed by atoms with Gasteiger partial charge in [-0.1, -0.05) is 19.1 Å². The summed E-state index contributed by atoms with van der Waals surface area (Å²) in [4.78, 5) is 46.5. The number of ether oxygens (including phenoxy) is 2. The molecule has 0 saturated carbocycles. The third-order valence-electron chi connectivity index (χ3n) is 3.35. The first kappa shape index (κ1) is 22.8. The van der Waals surface area contributed by atoms with Crippen molar-refractivity contribution in [2.75, 3.05) is 13.2 Å². The topological polar surface area (TPSA) is 123 Å². The summed E-state index contributed by atoms with van der Waals surface area (Å²) in [6, 6.07) is 4.39. The number of rotatable bonds is 9. The average Bonchev–Trinajstić information content (AvgIpc) is 2.64. The minimum atomic E-state index is -3.12. The minimum absolute atomic E-state index is 0.137. The standard InChI is InChI=1S/C17H21F2N3O6/c1-3-10(2)21-17(26)22-13(23)9-27-14(24)8-20-15(25)11-6-4-5-7-12(11)28-16(18)19/h4-7,10,16H,3,8-9H2,1-2H3,(H,20,25)(H2,21,22,23,26)/t10-/m0/s1. The van der Waals surface area contributed by atoms with E-state index < -0.39 is 43.6 Å². The van der Waals surface area contributed by atoms with E-state index in [0.29, 0.717) is 6.42 Å². The zero-order valence-corrected chi connectivity index (χ0v) is 15.3. The van der Waals surface area contributed by atoms with Crippen LogP contribution in [0.1, 0.15) is 30.6 Å². The highest BCUT2D eigenvalue weighted by Gasteiger charge is 2.17. The fourth-order valence-electron chi connectivity index (χ4n) is 1.82. The molecule has 154 valence electrons. The molecule has 1 rings (SSSR count). The van der Waals surface area contributed by atoms with Crippen molar-refractivity contribution in [3.05, 3.63) is 29.8 Å². The van der Waals surface area contributed by atoms with Crippen LogP contribution < -0.4 is 20.7 Å². The maximum absolute atomic E-state index is 12.3. The predicted molar refractivity (Wildman–Crippen MR) is 92.8 cm³/mol. The van der Waals surface area contributed by atoms with Crippen molar-refractivity contribution >= 4 is 23.8 Å². The van der Waals surface area contributed by atoms with E-state index in [1.807, 2.05) is 12.2 Å². The van der Waals surface area contributed by atoms with Gasteiger partial charge in [0.15, 0.2) is 6.61 Å². The number of nitrogens with one attached hydrogen (secondary N) is 3. The summed E-state index contributed by atoms with van der Waals surface area (Å²) in [5.41, 5.74) is -0.199. The molecule has 0 spiro atoms. The lowest BCUT2D eigenvalue weighted by Crippen LogP contribution is -2.45. The molecule has 1 aromatic carbocycles. The van der Waals surface area contributed by atoms with Gasteiger partial charge in [-0.15, -0.1) is 0 Å². The van der Waals surface area contributed by atoms with Crippen molar-refractivity contribution in [2.45, 2.75) is 32.9 Å². The number of carbonyl (C=O) groups excluding carboxylic acids is 4. The minimum Gasteiger partial charge on any atom is -0.454 e. The highest BCUT2D eigenvalue weighted by molar-refractivity contribution is 5.99. The smallest absolute Gasteiger partial charge is 0.387 e. The van der Waals surface area contributed by atoms with Crippen LogP contribution in [-0.2, 0) is 14.3 Å². The van der Waals surface area contributed by atoms with Gasteiger partial charge in [0.25, 0.3) is 11.8 Å². The van der Waals surface area contributed by atoms with Gasteiger partial charge < -0.3 is 20.1 Å². The Labute approximate surface area is 159 Å². The van der Waals surface area contributed by atoms with Gasteiger partial charge in [-0.3, -0.25) is 19.7 Å². The van der Waals surface area contributed by atoms with Gasteiger partial charge in [0, 0.05) is 6.04 Å². The van der Waals surface area contributed by atoms with Gasteiger partial charge in [0.05, 0.1) is 5.56 Å². The zero-order chi connectivity index (χ0) is 21.1. The van der Waals surface area contributed by atoms with Crippen molar-refractivity contribution in [1.29, 1.82) is 0 Å².